The van der Waals surface area contributed by atoms with Gasteiger partial charge in [0.25, 0.3) is 0 Å². The number of aliphatic hydroxyl groups is 1. The number of halogens is 1. The number of rotatable bonds is 6. The number of pyridine rings is 1. The maximum atomic E-state index is 14.2. The first kappa shape index (κ1) is 25.4. The van der Waals surface area contributed by atoms with E-state index in [1.807, 2.05) is 29.2 Å². The number of nitrogens with zero attached hydrogens (tertiary/aromatic N) is 3. The van der Waals surface area contributed by atoms with Crippen molar-refractivity contribution in [2.24, 2.45) is 0 Å². The number of hydrogen-bond donors (Lipinski definition) is 2. The van der Waals surface area contributed by atoms with Gasteiger partial charge in [0.15, 0.2) is 0 Å². The molecule has 2 aliphatic rings. The second-order valence-electron chi connectivity index (χ2n) is 9.81. The molecule has 2 aliphatic heterocycles. The topological polar surface area (TPSA) is 95.0 Å². The number of carbonyl (C=O) groups is 2. The molecule has 0 saturated carbocycles. The number of piperazine rings is 1. The average molecular weight is 523 g/mol. The summed E-state index contributed by atoms with van der Waals surface area (Å²) in [7, 11) is 0. The fourth-order valence-electron chi connectivity index (χ4n) is 5.48. The minimum atomic E-state index is -1.15. The smallest absolute Gasteiger partial charge is 0.235 e. The van der Waals surface area contributed by atoms with E-state index in [2.05, 4.69) is 22.1 Å². The number of fused-ring (bicyclic) bond motifs is 2. The van der Waals surface area contributed by atoms with E-state index >= 15 is 0 Å². The van der Waals surface area contributed by atoms with E-state index < -0.39 is 5.41 Å². The molecule has 2 N–H and O–H groups in total. The van der Waals surface area contributed by atoms with E-state index in [-0.39, 0.29) is 30.9 Å². The Morgan fingerprint density at radius 3 is 2.86 bits per heavy atom. The highest BCUT2D eigenvalue weighted by Gasteiger charge is 2.47. The monoisotopic (exact) mass is 522 g/mol. The Bertz CT molecular complexity index is 1310. The maximum Gasteiger partial charge on any atom is 0.235 e. The molecular weight excluding hydrogens is 492 g/mol. The first-order chi connectivity index (χ1) is 17.9. The second kappa shape index (κ2) is 10.7. The van der Waals surface area contributed by atoms with Gasteiger partial charge in [0, 0.05) is 72.6 Å². The van der Waals surface area contributed by atoms with Crippen molar-refractivity contribution in [2.75, 3.05) is 44.7 Å². The molecule has 0 spiro atoms. The van der Waals surface area contributed by atoms with Crippen LogP contribution >= 0.6 is 11.6 Å². The Kier molecular flexibility index (Phi) is 7.33. The van der Waals surface area contributed by atoms with Gasteiger partial charge in [-0.05, 0) is 25.1 Å². The summed E-state index contributed by atoms with van der Waals surface area (Å²) in [6, 6.07) is 13.1. The fraction of sp³-hybridized carbons (Fsp3) is 0.393. The molecule has 2 aromatic carbocycles. The lowest BCUT2D eigenvalue weighted by Gasteiger charge is -2.42. The van der Waals surface area contributed by atoms with Gasteiger partial charge < -0.3 is 20.1 Å². The van der Waals surface area contributed by atoms with Crippen molar-refractivity contribution in [3.05, 3.63) is 65.4 Å². The summed E-state index contributed by atoms with van der Waals surface area (Å²) in [5, 5.41) is 14.7. The van der Waals surface area contributed by atoms with Gasteiger partial charge in [-0.2, -0.15) is 0 Å². The van der Waals surface area contributed by atoms with Crippen LogP contribution in [0.3, 0.4) is 0 Å². The molecule has 2 amide bonds. The van der Waals surface area contributed by atoms with Gasteiger partial charge in [0.2, 0.25) is 11.8 Å². The van der Waals surface area contributed by atoms with Crippen molar-refractivity contribution < 1.29 is 19.4 Å². The van der Waals surface area contributed by atoms with Crippen LogP contribution < -0.4 is 10.1 Å². The quantitative estimate of drug-likeness (QED) is 0.515. The summed E-state index contributed by atoms with van der Waals surface area (Å²) in [4.78, 5) is 36.2. The van der Waals surface area contributed by atoms with E-state index in [0.29, 0.717) is 61.2 Å². The number of benzene rings is 2. The van der Waals surface area contributed by atoms with Crippen molar-refractivity contribution in [2.45, 2.75) is 31.2 Å². The highest BCUT2D eigenvalue weighted by atomic mass is 35.5. The molecule has 37 heavy (non-hydrogen) atoms. The zero-order chi connectivity index (χ0) is 26.0. The Balaban J connectivity index is 1.48. The third-order valence-electron chi connectivity index (χ3n) is 7.55. The lowest BCUT2D eigenvalue weighted by molar-refractivity contribution is -0.139. The summed E-state index contributed by atoms with van der Waals surface area (Å²) in [6.45, 7) is 4.80. The molecule has 0 radical (unpaired) electrons. The van der Waals surface area contributed by atoms with Gasteiger partial charge in [0.1, 0.15) is 5.75 Å². The van der Waals surface area contributed by atoms with Crippen LogP contribution in [0.4, 0.5) is 5.69 Å². The molecule has 1 aromatic heterocycles. The standard InChI is InChI=1S/C28H31ClN4O4/c1-19-18-33(10-9-32(19)11-12-34)26(35)15-28(8-13-37-25-7-6-21(29)14-23(25)28)27(36)31-24-17-30-16-20-4-2-3-5-22(20)24/h2-7,14,16-17,19,34H,8-13,15,18H2,1H3,(H,31,36). The van der Waals surface area contributed by atoms with Crippen LogP contribution in [0.5, 0.6) is 5.75 Å². The van der Waals surface area contributed by atoms with E-state index in [9.17, 15) is 14.7 Å². The SMILES string of the molecule is CC1CN(C(=O)CC2(C(=O)Nc3cncc4ccccc34)CCOc3ccc(Cl)cc32)CCN1CCO. The van der Waals surface area contributed by atoms with Crippen LogP contribution in [-0.4, -0.2) is 77.1 Å². The summed E-state index contributed by atoms with van der Waals surface area (Å²) in [5.41, 5.74) is 0.0614. The summed E-state index contributed by atoms with van der Waals surface area (Å²) in [6.07, 6.45) is 3.73. The predicted molar refractivity (Wildman–Crippen MR) is 143 cm³/mol. The van der Waals surface area contributed by atoms with Crippen LogP contribution in [-0.2, 0) is 15.0 Å². The molecule has 5 rings (SSSR count). The minimum Gasteiger partial charge on any atom is -0.493 e. The number of aliphatic hydroxyl groups excluding tert-OH is 1. The molecule has 3 aromatic rings. The number of anilines is 1. The molecule has 9 heteroatoms. The van der Waals surface area contributed by atoms with Crippen LogP contribution in [0.2, 0.25) is 5.02 Å². The number of amides is 2. The van der Waals surface area contributed by atoms with E-state index in [1.165, 1.54) is 0 Å². The molecule has 1 saturated heterocycles. The highest BCUT2D eigenvalue weighted by molar-refractivity contribution is 6.30. The van der Waals surface area contributed by atoms with Gasteiger partial charge >= 0.3 is 0 Å². The molecule has 8 nitrogen and oxygen atoms in total. The summed E-state index contributed by atoms with van der Waals surface area (Å²) < 4.78 is 5.88. The van der Waals surface area contributed by atoms with Crippen LogP contribution in [0.25, 0.3) is 10.8 Å². The predicted octanol–water partition coefficient (Wildman–Crippen LogP) is 3.46. The largest absolute Gasteiger partial charge is 0.493 e. The number of hydrogen-bond acceptors (Lipinski definition) is 6. The van der Waals surface area contributed by atoms with Crippen molar-refractivity contribution in [1.29, 1.82) is 0 Å². The van der Waals surface area contributed by atoms with Gasteiger partial charge in [-0.15, -0.1) is 0 Å². The Labute approximate surface area is 221 Å². The molecule has 1 fully saturated rings. The van der Waals surface area contributed by atoms with Crippen molar-refractivity contribution in [3.63, 3.8) is 0 Å². The first-order valence-corrected chi connectivity index (χ1v) is 13.0. The molecule has 194 valence electrons. The van der Waals surface area contributed by atoms with E-state index in [4.69, 9.17) is 16.3 Å². The number of ether oxygens (including phenoxy) is 1. The maximum absolute atomic E-state index is 14.2. The van der Waals surface area contributed by atoms with Gasteiger partial charge in [-0.25, -0.2) is 0 Å². The number of aromatic nitrogens is 1. The van der Waals surface area contributed by atoms with Crippen molar-refractivity contribution in [1.82, 2.24) is 14.8 Å². The summed E-state index contributed by atoms with van der Waals surface area (Å²) >= 11 is 6.38. The van der Waals surface area contributed by atoms with E-state index in [1.54, 1.807) is 30.6 Å². The molecule has 0 aliphatic carbocycles. The molecule has 0 bridgehead atoms. The van der Waals surface area contributed by atoms with Crippen LogP contribution in [0, 0.1) is 0 Å². The zero-order valence-electron chi connectivity index (χ0n) is 20.8. The van der Waals surface area contributed by atoms with E-state index in [0.717, 1.165) is 10.8 Å². The Hall–Kier alpha value is -3.20. The molecular formula is C28H31ClN4O4. The normalized spacial score (nSPS) is 21.8. The Morgan fingerprint density at radius 2 is 2.05 bits per heavy atom. The first-order valence-electron chi connectivity index (χ1n) is 12.6. The van der Waals surface area contributed by atoms with Crippen LogP contribution in [0.15, 0.2) is 54.9 Å². The van der Waals surface area contributed by atoms with Gasteiger partial charge in [0.05, 0.1) is 30.5 Å². The minimum absolute atomic E-state index is 0.000447. The molecule has 2 atom stereocenters. The fourth-order valence-corrected chi connectivity index (χ4v) is 5.65. The molecule has 3 heterocycles. The number of β-amino-alcohol motifs (C(OH)–C–C–N with tert-alkyl or cyclic N) is 1. The van der Waals surface area contributed by atoms with Crippen LogP contribution in [0.1, 0.15) is 25.3 Å². The highest BCUT2D eigenvalue weighted by Crippen LogP contribution is 2.44. The van der Waals surface area contributed by atoms with Crippen molar-refractivity contribution >= 4 is 39.9 Å². The average Bonchev–Trinajstić information content (AvgIpc) is 2.90. The molecule has 2 unspecified atom stereocenters. The second-order valence-corrected chi connectivity index (χ2v) is 10.2. The lowest BCUT2D eigenvalue weighted by Crippen LogP contribution is -2.56. The Morgan fingerprint density at radius 1 is 1.22 bits per heavy atom. The third kappa shape index (κ3) is 5.01. The summed E-state index contributed by atoms with van der Waals surface area (Å²) in [5.74, 6) is 0.197. The van der Waals surface area contributed by atoms with Crippen molar-refractivity contribution in [3.8, 4) is 5.75 Å². The third-order valence-corrected chi connectivity index (χ3v) is 7.79. The zero-order valence-corrected chi connectivity index (χ0v) is 21.6. The van der Waals surface area contributed by atoms with Gasteiger partial charge in [-0.3, -0.25) is 19.5 Å². The van der Waals surface area contributed by atoms with Gasteiger partial charge in [-0.1, -0.05) is 35.9 Å². The number of nitrogens with one attached hydrogen (secondary N) is 1. The lowest BCUT2D eigenvalue weighted by atomic mass is 9.72. The number of carbonyl (C=O) groups excluding carboxylic acids is 2.